The molecule has 0 N–H and O–H groups in total. The average Bonchev–Trinajstić information content (AvgIpc) is 3.26. The maximum Gasteiger partial charge on any atom is 0.276 e. The van der Waals surface area contributed by atoms with Gasteiger partial charge in [-0.3, -0.25) is 14.5 Å². The molecule has 158 valence electrons. The first-order valence-corrected chi connectivity index (χ1v) is 11.5. The largest absolute Gasteiger partial charge is 0.447 e. The Labute approximate surface area is 172 Å². The van der Waals surface area contributed by atoms with Crippen LogP contribution in [0.2, 0.25) is 0 Å². The third-order valence-electron chi connectivity index (χ3n) is 7.23. The number of carbonyl (C=O) groups is 2. The van der Waals surface area contributed by atoms with E-state index < -0.39 is 0 Å². The topological polar surface area (TPSA) is 69.9 Å². The van der Waals surface area contributed by atoms with E-state index in [4.69, 9.17) is 4.42 Å². The van der Waals surface area contributed by atoms with Crippen molar-refractivity contribution >= 4 is 11.8 Å². The Morgan fingerprint density at radius 1 is 0.897 bits per heavy atom. The summed E-state index contributed by atoms with van der Waals surface area (Å²) in [6.45, 7) is 5.39. The molecule has 3 aliphatic heterocycles. The molecule has 2 amide bonds. The predicted octanol–water partition coefficient (Wildman–Crippen LogP) is 2.49. The standard InChI is InChI=1S/C22H32N4O3/c27-21(24-9-1-2-10-24)17-4-3-11-26(14-17)18-7-12-25(13-8-18)22(28)19-20(16-5-6-16)29-15-23-19/h15-18H,1-14H2/t17-/m0/s1. The van der Waals surface area contributed by atoms with Crippen molar-refractivity contribution < 1.29 is 14.0 Å². The molecule has 3 saturated heterocycles. The highest BCUT2D eigenvalue weighted by atomic mass is 16.3. The fourth-order valence-corrected chi connectivity index (χ4v) is 5.37. The van der Waals surface area contributed by atoms with E-state index in [-0.39, 0.29) is 11.8 Å². The second kappa shape index (κ2) is 8.09. The van der Waals surface area contributed by atoms with Crippen LogP contribution >= 0.6 is 0 Å². The van der Waals surface area contributed by atoms with E-state index in [1.807, 2.05) is 4.90 Å². The van der Waals surface area contributed by atoms with Gasteiger partial charge in [-0.1, -0.05) is 0 Å². The van der Waals surface area contributed by atoms with Crippen molar-refractivity contribution in [2.45, 2.75) is 63.3 Å². The van der Waals surface area contributed by atoms with Gasteiger partial charge in [-0.15, -0.1) is 0 Å². The van der Waals surface area contributed by atoms with E-state index in [0.29, 0.717) is 23.6 Å². The highest BCUT2D eigenvalue weighted by molar-refractivity contribution is 5.93. The number of oxazole rings is 1. The van der Waals surface area contributed by atoms with E-state index in [1.165, 1.54) is 6.39 Å². The molecule has 7 nitrogen and oxygen atoms in total. The SMILES string of the molecule is O=C(c1ncoc1C1CC1)N1CCC(N2CCC[C@H](C(=O)N3CCCC3)C2)CC1. The fraction of sp³-hybridized carbons (Fsp3) is 0.773. The summed E-state index contributed by atoms with van der Waals surface area (Å²) in [6.07, 6.45) is 10.0. The third-order valence-corrected chi connectivity index (χ3v) is 7.23. The number of likely N-dealkylation sites (tertiary alicyclic amines) is 3. The van der Waals surface area contributed by atoms with Crippen LogP contribution in [-0.4, -0.2) is 76.8 Å². The van der Waals surface area contributed by atoms with E-state index in [2.05, 4.69) is 14.8 Å². The molecule has 1 aliphatic carbocycles. The molecule has 7 heteroatoms. The molecule has 0 unspecified atom stereocenters. The number of piperidine rings is 2. The molecule has 0 aromatic carbocycles. The lowest BCUT2D eigenvalue weighted by Crippen LogP contribution is -2.51. The lowest BCUT2D eigenvalue weighted by molar-refractivity contribution is -0.136. The Morgan fingerprint density at radius 2 is 1.66 bits per heavy atom. The number of carbonyl (C=O) groups excluding carboxylic acids is 2. The van der Waals surface area contributed by atoms with Crippen molar-refractivity contribution in [1.29, 1.82) is 0 Å². The van der Waals surface area contributed by atoms with Crippen LogP contribution in [0.25, 0.3) is 0 Å². The zero-order valence-electron chi connectivity index (χ0n) is 17.2. The first-order chi connectivity index (χ1) is 14.2. The molecule has 1 aromatic rings. The quantitative estimate of drug-likeness (QED) is 0.777. The van der Waals surface area contributed by atoms with Crippen molar-refractivity contribution in [2.75, 3.05) is 39.3 Å². The lowest BCUT2D eigenvalue weighted by Gasteiger charge is -2.42. The van der Waals surface area contributed by atoms with Crippen molar-refractivity contribution in [3.63, 3.8) is 0 Å². The van der Waals surface area contributed by atoms with Crippen LogP contribution in [0.5, 0.6) is 0 Å². The van der Waals surface area contributed by atoms with Gasteiger partial charge in [-0.25, -0.2) is 4.98 Å². The summed E-state index contributed by atoms with van der Waals surface area (Å²) in [5.41, 5.74) is 0.528. The molecule has 0 bridgehead atoms. The Balaban J connectivity index is 1.15. The Kier molecular flexibility index (Phi) is 5.33. The molecular formula is C22H32N4O3. The number of aromatic nitrogens is 1. The van der Waals surface area contributed by atoms with Crippen molar-refractivity contribution in [3.8, 4) is 0 Å². The molecule has 4 fully saturated rings. The first kappa shape index (κ1) is 19.1. The highest BCUT2D eigenvalue weighted by Crippen LogP contribution is 2.41. The summed E-state index contributed by atoms with van der Waals surface area (Å²) in [7, 11) is 0. The van der Waals surface area contributed by atoms with Crippen LogP contribution in [0, 0.1) is 5.92 Å². The molecule has 5 rings (SSSR count). The number of hydrogen-bond donors (Lipinski definition) is 0. The minimum Gasteiger partial charge on any atom is -0.447 e. The van der Waals surface area contributed by atoms with Gasteiger partial charge in [0.2, 0.25) is 5.91 Å². The molecule has 0 radical (unpaired) electrons. The van der Waals surface area contributed by atoms with Gasteiger partial charge in [0.25, 0.3) is 5.91 Å². The molecule has 1 aromatic heterocycles. The monoisotopic (exact) mass is 400 g/mol. The van der Waals surface area contributed by atoms with Crippen LogP contribution < -0.4 is 0 Å². The molecule has 0 spiro atoms. The van der Waals surface area contributed by atoms with E-state index in [9.17, 15) is 9.59 Å². The van der Waals surface area contributed by atoms with Gasteiger partial charge in [-0.2, -0.15) is 0 Å². The minimum absolute atomic E-state index is 0.0276. The Morgan fingerprint density at radius 3 is 2.38 bits per heavy atom. The van der Waals surface area contributed by atoms with Gasteiger partial charge in [0.05, 0.1) is 5.92 Å². The van der Waals surface area contributed by atoms with Crippen molar-refractivity contribution in [3.05, 3.63) is 17.8 Å². The van der Waals surface area contributed by atoms with E-state index in [0.717, 1.165) is 96.4 Å². The number of hydrogen-bond acceptors (Lipinski definition) is 5. The Hall–Kier alpha value is -1.89. The van der Waals surface area contributed by atoms with Gasteiger partial charge in [-0.05, 0) is 57.9 Å². The number of amides is 2. The summed E-state index contributed by atoms with van der Waals surface area (Å²) < 4.78 is 5.49. The third kappa shape index (κ3) is 3.93. The van der Waals surface area contributed by atoms with Crippen LogP contribution in [-0.2, 0) is 4.79 Å². The molecular weight excluding hydrogens is 368 g/mol. The summed E-state index contributed by atoms with van der Waals surface area (Å²) in [6, 6.07) is 0.480. The Bertz CT molecular complexity index is 745. The van der Waals surface area contributed by atoms with Crippen LogP contribution in [0.3, 0.4) is 0 Å². The average molecular weight is 401 g/mol. The van der Waals surface area contributed by atoms with E-state index in [1.54, 1.807) is 0 Å². The molecule has 29 heavy (non-hydrogen) atoms. The summed E-state index contributed by atoms with van der Waals surface area (Å²) in [4.78, 5) is 36.5. The minimum atomic E-state index is 0.0276. The maximum atomic E-state index is 12.9. The van der Waals surface area contributed by atoms with Gasteiger partial charge in [0.1, 0.15) is 5.76 Å². The number of rotatable bonds is 4. The smallest absolute Gasteiger partial charge is 0.276 e. The predicted molar refractivity (Wildman–Crippen MR) is 108 cm³/mol. The zero-order valence-corrected chi connectivity index (χ0v) is 17.2. The summed E-state index contributed by atoms with van der Waals surface area (Å²) in [5, 5.41) is 0. The maximum absolute atomic E-state index is 12.9. The summed E-state index contributed by atoms with van der Waals surface area (Å²) >= 11 is 0. The first-order valence-electron chi connectivity index (χ1n) is 11.5. The molecule has 4 aliphatic rings. The molecule has 1 atom stereocenters. The van der Waals surface area contributed by atoms with Crippen molar-refractivity contribution in [2.24, 2.45) is 5.92 Å². The van der Waals surface area contributed by atoms with Crippen LogP contribution in [0.4, 0.5) is 0 Å². The van der Waals surface area contributed by atoms with Crippen molar-refractivity contribution in [1.82, 2.24) is 19.7 Å². The number of nitrogens with zero attached hydrogens (tertiary/aromatic N) is 4. The molecule has 1 saturated carbocycles. The lowest BCUT2D eigenvalue weighted by atomic mass is 9.93. The molecule has 4 heterocycles. The van der Waals surface area contributed by atoms with Gasteiger partial charge >= 0.3 is 0 Å². The van der Waals surface area contributed by atoms with Crippen LogP contribution in [0.15, 0.2) is 10.8 Å². The van der Waals surface area contributed by atoms with Crippen LogP contribution in [0.1, 0.15) is 73.5 Å². The summed E-state index contributed by atoms with van der Waals surface area (Å²) in [5.74, 6) is 1.75. The zero-order chi connectivity index (χ0) is 19.8. The second-order valence-electron chi connectivity index (χ2n) is 9.23. The second-order valence-corrected chi connectivity index (χ2v) is 9.23. The van der Waals surface area contributed by atoms with Gasteiger partial charge in [0, 0.05) is 44.7 Å². The highest BCUT2D eigenvalue weighted by Gasteiger charge is 2.37. The van der Waals surface area contributed by atoms with Gasteiger partial charge in [0.15, 0.2) is 12.1 Å². The van der Waals surface area contributed by atoms with E-state index >= 15 is 0 Å². The normalized spacial score (nSPS) is 26.8. The van der Waals surface area contributed by atoms with Gasteiger partial charge < -0.3 is 14.2 Å². The fourth-order valence-electron chi connectivity index (χ4n) is 5.37.